The first-order valence-corrected chi connectivity index (χ1v) is 7.30. The van der Waals surface area contributed by atoms with Crippen LogP contribution in [-0.2, 0) is 11.2 Å². The Morgan fingerprint density at radius 3 is 3.00 bits per heavy atom. The van der Waals surface area contributed by atoms with Gasteiger partial charge < -0.3 is 4.74 Å². The van der Waals surface area contributed by atoms with Crippen LogP contribution in [-0.4, -0.2) is 58.2 Å². The maximum Gasteiger partial charge on any atom is 0.411 e. The van der Waals surface area contributed by atoms with E-state index in [4.69, 9.17) is 4.74 Å². The molecule has 2 atom stereocenters. The number of likely N-dealkylation sites (tertiary alicyclic amines) is 1. The van der Waals surface area contributed by atoms with Crippen molar-refractivity contribution in [1.82, 2.24) is 19.7 Å². The highest BCUT2D eigenvalue weighted by Crippen LogP contribution is 2.26. The summed E-state index contributed by atoms with van der Waals surface area (Å²) in [5.41, 5.74) is 0. The van der Waals surface area contributed by atoms with Crippen LogP contribution in [0.5, 0.6) is 0 Å². The molecule has 2 aliphatic heterocycles. The fourth-order valence-corrected chi connectivity index (χ4v) is 3.17. The second-order valence-corrected chi connectivity index (χ2v) is 5.76. The molecule has 0 saturated carbocycles. The van der Waals surface area contributed by atoms with Gasteiger partial charge in [0.15, 0.2) is 0 Å². The second-order valence-electron chi connectivity index (χ2n) is 5.76. The number of ether oxygens (including phenoxy) is 1. The predicted molar refractivity (Wildman–Crippen MR) is 68.8 cm³/mol. The third-order valence-electron chi connectivity index (χ3n) is 4.11. The number of fused-ring (bicyclic) bond motifs is 1. The first kappa shape index (κ1) is 14.8. The van der Waals surface area contributed by atoms with Gasteiger partial charge in [0.2, 0.25) is 0 Å². The fourth-order valence-electron chi connectivity index (χ4n) is 3.17. The fraction of sp³-hybridized carbons (Fsp3) is 0.846. The van der Waals surface area contributed by atoms with Gasteiger partial charge >= 0.3 is 6.18 Å². The summed E-state index contributed by atoms with van der Waals surface area (Å²) in [7, 11) is 0. The molecule has 0 aromatic carbocycles. The minimum atomic E-state index is -4.25. The van der Waals surface area contributed by atoms with Crippen molar-refractivity contribution in [3.05, 3.63) is 12.2 Å². The molecule has 21 heavy (non-hydrogen) atoms. The van der Waals surface area contributed by atoms with E-state index in [0.29, 0.717) is 13.0 Å². The quantitative estimate of drug-likeness (QED) is 0.851. The molecule has 8 heteroatoms. The summed E-state index contributed by atoms with van der Waals surface area (Å²) in [5.74, 6) is 1.00. The summed E-state index contributed by atoms with van der Waals surface area (Å²) in [6.07, 6.45) is 0.492. The Kier molecular flexibility index (Phi) is 4.17. The Morgan fingerprint density at radius 2 is 2.19 bits per heavy atom. The molecule has 1 fully saturated rings. The van der Waals surface area contributed by atoms with Crippen molar-refractivity contribution >= 4 is 0 Å². The molecule has 0 N–H and O–H groups in total. The zero-order valence-corrected chi connectivity index (χ0v) is 11.7. The largest absolute Gasteiger partial charge is 0.411 e. The molecule has 2 unspecified atom stereocenters. The zero-order valence-electron chi connectivity index (χ0n) is 11.7. The lowest BCUT2D eigenvalue weighted by molar-refractivity contribution is -0.189. The average Bonchev–Trinajstić information content (AvgIpc) is 3.01. The van der Waals surface area contributed by atoms with Crippen LogP contribution in [0, 0.1) is 0 Å². The summed E-state index contributed by atoms with van der Waals surface area (Å²) in [6, 6.07) is 0.281. The Labute approximate surface area is 121 Å². The maximum atomic E-state index is 12.2. The van der Waals surface area contributed by atoms with Crippen molar-refractivity contribution in [3.63, 3.8) is 0 Å². The Bertz CT molecular complexity index is 476. The molecular weight excluding hydrogens is 285 g/mol. The number of nitrogens with zero attached hydrogens (tertiary/aromatic N) is 4. The van der Waals surface area contributed by atoms with E-state index in [1.165, 1.54) is 0 Å². The number of aryl methyl sites for hydroxylation is 1. The molecule has 0 spiro atoms. The SMILES string of the molecule is FC(F)(F)COC1CCCN(CC2CCc3ncnn32)C1. The van der Waals surface area contributed by atoms with Crippen LogP contribution in [0.3, 0.4) is 0 Å². The lowest BCUT2D eigenvalue weighted by Gasteiger charge is -2.34. The van der Waals surface area contributed by atoms with Crippen molar-refractivity contribution in [1.29, 1.82) is 0 Å². The van der Waals surface area contributed by atoms with Crippen molar-refractivity contribution in [3.8, 4) is 0 Å². The maximum absolute atomic E-state index is 12.2. The van der Waals surface area contributed by atoms with Gasteiger partial charge in [-0.05, 0) is 25.8 Å². The van der Waals surface area contributed by atoms with Crippen LogP contribution in [0.1, 0.15) is 31.1 Å². The molecule has 118 valence electrons. The third kappa shape index (κ3) is 3.74. The molecule has 5 nitrogen and oxygen atoms in total. The molecule has 3 rings (SSSR count). The first-order valence-electron chi connectivity index (χ1n) is 7.30. The molecule has 1 aromatic heterocycles. The van der Waals surface area contributed by atoms with Gasteiger partial charge in [-0.3, -0.25) is 4.90 Å². The van der Waals surface area contributed by atoms with Crippen LogP contribution in [0.4, 0.5) is 13.2 Å². The van der Waals surface area contributed by atoms with Crippen LogP contribution < -0.4 is 0 Å². The molecule has 1 saturated heterocycles. The number of piperidine rings is 1. The standard InChI is InChI=1S/C13H19F3N4O/c14-13(15,16)8-21-11-2-1-5-19(7-11)6-10-3-4-12-17-9-18-20(10)12/h9-11H,1-8H2. The predicted octanol–water partition coefficient (Wildman–Crippen LogP) is 1.81. The van der Waals surface area contributed by atoms with E-state index in [2.05, 4.69) is 15.0 Å². The normalized spacial score (nSPS) is 27.0. The number of halogens is 3. The number of hydrogen-bond donors (Lipinski definition) is 0. The number of aromatic nitrogens is 3. The highest BCUT2D eigenvalue weighted by atomic mass is 19.4. The van der Waals surface area contributed by atoms with Gasteiger partial charge in [0.1, 0.15) is 18.8 Å². The Morgan fingerprint density at radius 1 is 1.33 bits per heavy atom. The highest BCUT2D eigenvalue weighted by Gasteiger charge is 2.32. The average molecular weight is 304 g/mol. The van der Waals surface area contributed by atoms with Crippen molar-refractivity contribution in [2.24, 2.45) is 0 Å². The molecule has 2 aliphatic rings. The van der Waals surface area contributed by atoms with Crippen LogP contribution in [0.15, 0.2) is 6.33 Å². The van der Waals surface area contributed by atoms with Crippen molar-refractivity contribution in [2.75, 3.05) is 26.2 Å². The molecule has 0 amide bonds. The molecule has 0 radical (unpaired) electrons. The third-order valence-corrected chi connectivity index (χ3v) is 4.11. The van der Waals surface area contributed by atoms with Gasteiger partial charge in [0.05, 0.1) is 12.1 Å². The smallest absolute Gasteiger partial charge is 0.367 e. The van der Waals surface area contributed by atoms with E-state index in [1.54, 1.807) is 6.33 Å². The van der Waals surface area contributed by atoms with Gasteiger partial charge in [-0.25, -0.2) is 9.67 Å². The zero-order chi connectivity index (χ0) is 14.9. The van der Waals surface area contributed by atoms with Gasteiger partial charge in [-0.1, -0.05) is 0 Å². The minimum absolute atomic E-state index is 0.281. The summed E-state index contributed by atoms with van der Waals surface area (Å²) >= 11 is 0. The van der Waals surface area contributed by atoms with Crippen molar-refractivity contribution in [2.45, 2.75) is 44.0 Å². The lowest BCUT2D eigenvalue weighted by Crippen LogP contribution is -2.43. The van der Waals surface area contributed by atoms with Crippen LogP contribution in [0.25, 0.3) is 0 Å². The molecular formula is C13H19F3N4O. The Hall–Kier alpha value is -1.15. The van der Waals surface area contributed by atoms with Gasteiger partial charge in [0, 0.05) is 19.5 Å². The number of alkyl halides is 3. The lowest BCUT2D eigenvalue weighted by atomic mass is 10.1. The topological polar surface area (TPSA) is 43.2 Å². The summed E-state index contributed by atoms with van der Waals surface area (Å²) in [5, 5.41) is 4.23. The molecule has 0 aliphatic carbocycles. The number of rotatable bonds is 4. The molecule has 1 aromatic rings. The van der Waals surface area contributed by atoms with Gasteiger partial charge in [-0.2, -0.15) is 18.3 Å². The van der Waals surface area contributed by atoms with Gasteiger partial charge in [0.25, 0.3) is 0 Å². The second kappa shape index (κ2) is 5.92. The molecule has 3 heterocycles. The van der Waals surface area contributed by atoms with Gasteiger partial charge in [-0.15, -0.1) is 0 Å². The first-order chi connectivity index (χ1) is 10.0. The van der Waals surface area contributed by atoms with E-state index in [9.17, 15) is 13.2 Å². The minimum Gasteiger partial charge on any atom is -0.367 e. The van der Waals surface area contributed by atoms with E-state index < -0.39 is 12.8 Å². The molecule has 0 bridgehead atoms. The summed E-state index contributed by atoms with van der Waals surface area (Å²) in [4.78, 5) is 6.38. The van der Waals surface area contributed by atoms with E-state index in [-0.39, 0.29) is 12.1 Å². The summed E-state index contributed by atoms with van der Waals surface area (Å²) in [6.45, 7) is 1.13. The Balaban J connectivity index is 1.50. The van der Waals surface area contributed by atoms with Crippen LogP contribution >= 0.6 is 0 Å². The monoisotopic (exact) mass is 304 g/mol. The number of hydrogen-bond acceptors (Lipinski definition) is 4. The van der Waals surface area contributed by atoms with E-state index in [0.717, 1.165) is 38.2 Å². The van der Waals surface area contributed by atoms with E-state index >= 15 is 0 Å². The van der Waals surface area contributed by atoms with Crippen LogP contribution in [0.2, 0.25) is 0 Å². The highest BCUT2D eigenvalue weighted by molar-refractivity contribution is 4.96. The summed E-state index contributed by atoms with van der Waals surface area (Å²) < 4.78 is 43.6. The van der Waals surface area contributed by atoms with Crippen molar-refractivity contribution < 1.29 is 17.9 Å². The van der Waals surface area contributed by atoms with E-state index in [1.807, 2.05) is 4.68 Å².